The molecule has 0 bridgehead atoms. The highest BCUT2D eigenvalue weighted by Gasteiger charge is 2.27. The first-order valence-electron chi connectivity index (χ1n) is 3.66. The third-order valence-electron chi connectivity index (χ3n) is 2.10. The van der Waals surface area contributed by atoms with Gasteiger partial charge in [-0.3, -0.25) is 0 Å². The highest BCUT2D eigenvalue weighted by molar-refractivity contribution is 4.76. The standard InChI is InChI=1S/C7H12F2O/c8-7(9)4-5-2-1-3-6(5)10/h5-7,10H,1-4H2. The number of hydrogen-bond acceptors (Lipinski definition) is 1. The van der Waals surface area contributed by atoms with Crippen LogP contribution in [0.25, 0.3) is 0 Å². The van der Waals surface area contributed by atoms with Gasteiger partial charge in [0.15, 0.2) is 0 Å². The van der Waals surface area contributed by atoms with E-state index in [4.69, 9.17) is 5.11 Å². The van der Waals surface area contributed by atoms with Gasteiger partial charge in [-0.2, -0.15) is 0 Å². The van der Waals surface area contributed by atoms with E-state index in [2.05, 4.69) is 0 Å². The van der Waals surface area contributed by atoms with Crippen LogP contribution in [0.15, 0.2) is 0 Å². The fourth-order valence-corrected chi connectivity index (χ4v) is 1.52. The Morgan fingerprint density at radius 1 is 1.40 bits per heavy atom. The van der Waals surface area contributed by atoms with Gasteiger partial charge in [-0.05, 0) is 18.8 Å². The summed E-state index contributed by atoms with van der Waals surface area (Å²) < 4.78 is 23.5. The first-order valence-corrected chi connectivity index (χ1v) is 3.66. The van der Waals surface area contributed by atoms with Crippen LogP contribution in [0.1, 0.15) is 25.7 Å². The zero-order chi connectivity index (χ0) is 7.56. The Bertz CT molecular complexity index is 106. The van der Waals surface area contributed by atoms with E-state index < -0.39 is 12.5 Å². The summed E-state index contributed by atoms with van der Waals surface area (Å²) in [6.45, 7) is 0. The van der Waals surface area contributed by atoms with Crippen LogP contribution in [0.4, 0.5) is 8.78 Å². The van der Waals surface area contributed by atoms with E-state index in [-0.39, 0.29) is 12.3 Å². The SMILES string of the molecule is OC1CCCC1CC(F)F. The van der Waals surface area contributed by atoms with Crippen LogP contribution in [-0.2, 0) is 0 Å². The van der Waals surface area contributed by atoms with Crippen molar-refractivity contribution in [3.8, 4) is 0 Å². The quantitative estimate of drug-likeness (QED) is 0.636. The van der Waals surface area contributed by atoms with Crippen molar-refractivity contribution in [2.75, 3.05) is 0 Å². The van der Waals surface area contributed by atoms with Crippen LogP contribution in [0.5, 0.6) is 0 Å². The molecule has 0 saturated heterocycles. The van der Waals surface area contributed by atoms with Crippen LogP contribution in [-0.4, -0.2) is 17.6 Å². The summed E-state index contributed by atoms with van der Waals surface area (Å²) in [5.74, 6) is -0.139. The largest absolute Gasteiger partial charge is 0.393 e. The van der Waals surface area contributed by atoms with Gasteiger partial charge < -0.3 is 5.11 Å². The second-order valence-electron chi connectivity index (χ2n) is 2.89. The summed E-state index contributed by atoms with van der Waals surface area (Å²) >= 11 is 0. The third-order valence-corrected chi connectivity index (χ3v) is 2.10. The Morgan fingerprint density at radius 2 is 2.10 bits per heavy atom. The van der Waals surface area contributed by atoms with Gasteiger partial charge in [0, 0.05) is 6.42 Å². The highest BCUT2D eigenvalue weighted by Crippen LogP contribution is 2.29. The van der Waals surface area contributed by atoms with Gasteiger partial charge in [0.25, 0.3) is 0 Å². The lowest BCUT2D eigenvalue weighted by molar-refractivity contribution is 0.0641. The monoisotopic (exact) mass is 150 g/mol. The van der Waals surface area contributed by atoms with Gasteiger partial charge >= 0.3 is 0 Å². The Hall–Kier alpha value is -0.180. The maximum atomic E-state index is 11.7. The lowest BCUT2D eigenvalue weighted by Crippen LogP contribution is -2.15. The van der Waals surface area contributed by atoms with Gasteiger partial charge in [-0.1, -0.05) is 6.42 Å². The Kier molecular flexibility index (Phi) is 2.60. The molecule has 0 aromatic rings. The van der Waals surface area contributed by atoms with E-state index in [0.29, 0.717) is 6.42 Å². The van der Waals surface area contributed by atoms with Crippen molar-refractivity contribution in [1.82, 2.24) is 0 Å². The minimum absolute atomic E-state index is 0.124. The molecule has 3 heteroatoms. The lowest BCUT2D eigenvalue weighted by atomic mass is 10.0. The van der Waals surface area contributed by atoms with Crippen molar-refractivity contribution in [3.05, 3.63) is 0 Å². The predicted octanol–water partition coefficient (Wildman–Crippen LogP) is 1.80. The summed E-state index contributed by atoms with van der Waals surface area (Å²) in [7, 11) is 0. The van der Waals surface area contributed by atoms with Crippen molar-refractivity contribution in [2.24, 2.45) is 5.92 Å². The molecular formula is C7H12F2O. The first kappa shape index (κ1) is 7.92. The molecular weight excluding hydrogens is 138 g/mol. The van der Waals surface area contributed by atoms with Crippen molar-refractivity contribution in [3.63, 3.8) is 0 Å². The molecule has 0 aromatic heterocycles. The minimum atomic E-state index is -2.25. The van der Waals surface area contributed by atoms with E-state index >= 15 is 0 Å². The number of rotatable bonds is 2. The van der Waals surface area contributed by atoms with Crippen molar-refractivity contribution >= 4 is 0 Å². The van der Waals surface area contributed by atoms with Crippen LogP contribution < -0.4 is 0 Å². The number of halogens is 2. The molecule has 60 valence electrons. The molecule has 0 amide bonds. The zero-order valence-corrected chi connectivity index (χ0v) is 5.76. The fraction of sp³-hybridized carbons (Fsp3) is 1.00. The molecule has 2 atom stereocenters. The summed E-state index contributed by atoms with van der Waals surface area (Å²) in [6.07, 6.45) is -0.463. The fourth-order valence-electron chi connectivity index (χ4n) is 1.52. The average molecular weight is 150 g/mol. The molecule has 0 spiro atoms. The summed E-state index contributed by atoms with van der Waals surface area (Å²) in [6, 6.07) is 0. The molecule has 0 heterocycles. The molecule has 1 N–H and O–H groups in total. The minimum Gasteiger partial charge on any atom is -0.393 e. The van der Waals surface area contributed by atoms with Crippen molar-refractivity contribution in [2.45, 2.75) is 38.2 Å². The molecule has 1 aliphatic rings. The Labute approximate surface area is 59.0 Å². The predicted molar refractivity (Wildman–Crippen MR) is 34.0 cm³/mol. The lowest BCUT2D eigenvalue weighted by Gasteiger charge is -2.12. The molecule has 0 aromatic carbocycles. The van der Waals surface area contributed by atoms with Crippen molar-refractivity contribution < 1.29 is 13.9 Å². The van der Waals surface area contributed by atoms with E-state index in [0.717, 1.165) is 12.8 Å². The van der Waals surface area contributed by atoms with Gasteiger partial charge in [-0.25, -0.2) is 8.78 Å². The van der Waals surface area contributed by atoms with E-state index in [1.165, 1.54) is 0 Å². The number of aliphatic hydroxyl groups is 1. The topological polar surface area (TPSA) is 20.2 Å². The van der Waals surface area contributed by atoms with Gasteiger partial charge in [-0.15, -0.1) is 0 Å². The summed E-state index contributed by atoms with van der Waals surface area (Å²) in [4.78, 5) is 0. The molecule has 0 radical (unpaired) electrons. The third kappa shape index (κ3) is 1.90. The molecule has 1 nitrogen and oxygen atoms in total. The normalized spacial score (nSPS) is 33.6. The Balaban J connectivity index is 2.26. The molecule has 1 saturated carbocycles. The second-order valence-corrected chi connectivity index (χ2v) is 2.89. The first-order chi connectivity index (χ1) is 4.70. The maximum absolute atomic E-state index is 11.7. The number of alkyl halides is 2. The summed E-state index contributed by atoms with van der Waals surface area (Å²) in [5, 5.41) is 9.10. The number of hydrogen-bond donors (Lipinski definition) is 1. The molecule has 10 heavy (non-hydrogen) atoms. The molecule has 1 rings (SSSR count). The van der Waals surface area contributed by atoms with E-state index in [9.17, 15) is 8.78 Å². The molecule has 0 aliphatic heterocycles. The van der Waals surface area contributed by atoms with Crippen molar-refractivity contribution in [1.29, 1.82) is 0 Å². The smallest absolute Gasteiger partial charge is 0.239 e. The second kappa shape index (κ2) is 3.28. The molecule has 1 aliphatic carbocycles. The average Bonchev–Trinajstić information content (AvgIpc) is 2.15. The highest BCUT2D eigenvalue weighted by atomic mass is 19.3. The molecule has 1 fully saturated rings. The molecule has 2 unspecified atom stereocenters. The van der Waals surface area contributed by atoms with Crippen LogP contribution in [0, 0.1) is 5.92 Å². The van der Waals surface area contributed by atoms with Crippen LogP contribution in [0.2, 0.25) is 0 Å². The van der Waals surface area contributed by atoms with Crippen LogP contribution >= 0.6 is 0 Å². The van der Waals surface area contributed by atoms with E-state index in [1.54, 1.807) is 0 Å². The zero-order valence-electron chi connectivity index (χ0n) is 5.76. The Morgan fingerprint density at radius 3 is 2.50 bits per heavy atom. The summed E-state index contributed by atoms with van der Waals surface area (Å²) in [5.41, 5.74) is 0. The maximum Gasteiger partial charge on any atom is 0.239 e. The van der Waals surface area contributed by atoms with Gasteiger partial charge in [0.1, 0.15) is 0 Å². The number of aliphatic hydroxyl groups excluding tert-OH is 1. The van der Waals surface area contributed by atoms with Crippen LogP contribution in [0.3, 0.4) is 0 Å². The van der Waals surface area contributed by atoms with E-state index in [1.807, 2.05) is 0 Å². The van der Waals surface area contributed by atoms with Gasteiger partial charge in [0.2, 0.25) is 6.43 Å². The van der Waals surface area contributed by atoms with Gasteiger partial charge in [0.05, 0.1) is 6.10 Å².